The minimum Gasteiger partial charge on any atom is -0.352 e. The predicted octanol–water partition coefficient (Wildman–Crippen LogP) is 1.63. The van der Waals surface area contributed by atoms with Gasteiger partial charge in [0.25, 0.3) is 0 Å². The van der Waals surface area contributed by atoms with Crippen LogP contribution in [0.25, 0.3) is 0 Å². The molecule has 0 unspecified atom stereocenters. The molecule has 2 amide bonds. The van der Waals surface area contributed by atoms with E-state index in [0.29, 0.717) is 5.56 Å². The summed E-state index contributed by atoms with van der Waals surface area (Å²) in [6.45, 7) is 3.73. The highest BCUT2D eigenvalue weighted by Crippen LogP contribution is 2.06. The Hall–Kier alpha value is -2.17. The minimum absolute atomic E-state index is 0.0105. The highest BCUT2D eigenvalue weighted by Gasteiger charge is 2.15. The van der Waals surface area contributed by atoms with E-state index in [1.807, 2.05) is 19.9 Å². The molecule has 0 bridgehead atoms. The molecule has 1 aromatic rings. The van der Waals surface area contributed by atoms with Gasteiger partial charge in [-0.1, -0.05) is 30.3 Å². The number of hydrogen-bond donors (Lipinski definition) is 1. The van der Waals surface area contributed by atoms with Gasteiger partial charge in [0.1, 0.15) is 0 Å². The molecule has 0 spiro atoms. The lowest BCUT2D eigenvalue weighted by Gasteiger charge is -2.17. The van der Waals surface area contributed by atoms with Crippen molar-refractivity contribution in [3.63, 3.8) is 0 Å². The van der Waals surface area contributed by atoms with Crippen LogP contribution >= 0.6 is 0 Å². The number of ketones is 1. The molecule has 0 fully saturated rings. The number of carbonyl (C=O) groups is 3. The molecule has 0 heterocycles. The molecule has 0 aliphatic carbocycles. The van der Waals surface area contributed by atoms with Crippen molar-refractivity contribution < 1.29 is 14.4 Å². The van der Waals surface area contributed by atoms with Gasteiger partial charge in [-0.05, 0) is 13.8 Å². The molecule has 5 nitrogen and oxygen atoms in total. The largest absolute Gasteiger partial charge is 0.352 e. The quantitative estimate of drug-likeness (QED) is 0.776. The Morgan fingerprint density at radius 3 is 2.29 bits per heavy atom. The molecule has 1 rings (SSSR count). The van der Waals surface area contributed by atoms with Gasteiger partial charge in [0, 0.05) is 31.5 Å². The summed E-state index contributed by atoms with van der Waals surface area (Å²) < 4.78 is 0. The van der Waals surface area contributed by atoms with Crippen LogP contribution in [-0.2, 0) is 9.59 Å². The maximum absolute atomic E-state index is 11.9. The van der Waals surface area contributed by atoms with Crippen molar-refractivity contribution in [3.8, 4) is 0 Å². The second-order valence-corrected chi connectivity index (χ2v) is 5.26. The number of amides is 2. The molecule has 0 atom stereocenters. The van der Waals surface area contributed by atoms with E-state index < -0.39 is 0 Å². The second kappa shape index (κ2) is 8.19. The van der Waals surface area contributed by atoms with Crippen LogP contribution in [0.15, 0.2) is 30.3 Å². The molecule has 0 aliphatic heterocycles. The van der Waals surface area contributed by atoms with Crippen LogP contribution in [0, 0.1) is 0 Å². The van der Waals surface area contributed by atoms with Gasteiger partial charge in [0.2, 0.25) is 11.8 Å². The van der Waals surface area contributed by atoms with Crippen LogP contribution in [-0.4, -0.2) is 42.1 Å². The van der Waals surface area contributed by atoms with E-state index >= 15 is 0 Å². The molecule has 0 aromatic heterocycles. The van der Waals surface area contributed by atoms with Gasteiger partial charge in [-0.25, -0.2) is 0 Å². The van der Waals surface area contributed by atoms with Crippen LogP contribution in [0.5, 0.6) is 0 Å². The molecule has 1 aromatic carbocycles. The Kier molecular flexibility index (Phi) is 6.59. The average Bonchev–Trinajstić information content (AvgIpc) is 2.44. The van der Waals surface area contributed by atoms with Gasteiger partial charge >= 0.3 is 0 Å². The summed E-state index contributed by atoms with van der Waals surface area (Å²) in [5, 5.41) is 2.72. The number of likely N-dealkylation sites (N-methyl/N-ethyl adjacent to an activating group) is 1. The Morgan fingerprint density at radius 1 is 1.10 bits per heavy atom. The van der Waals surface area contributed by atoms with Gasteiger partial charge in [-0.2, -0.15) is 0 Å². The summed E-state index contributed by atoms with van der Waals surface area (Å²) in [5.74, 6) is -0.475. The van der Waals surface area contributed by atoms with Gasteiger partial charge in [0.05, 0.1) is 6.54 Å². The van der Waals surface area contributed by atoms with E-state index in [9.17, 15) is 14.4 Å². The lowest BCUT2D eigenvalue weighted by Crippen LogP contribution is -2.40. The summed E-state index contributed by atoms with van der Waals surface area (Å²) in [6.07, 6.45) is 0.262. The summed E-state index contributed by atoms with van der Waals surface area (Å²) >= 11 is 0. The molecule has 0 saturated heterocycles. The maximum Gasteiger partial charge on any atom is 0.239 e. The maximum atomic E-state index is 11.9. The number of rotatable bonds is 7. The summed E-state index contributed by atoms with van der Waals surface area (Å²) in [4.78, 5) is 36.7. The highest BCUT2D eigenvalue weighted by atomic mass is 16.2. The molecule has 5 heteroatoms. The predicted molar refractivity (Wildman–Crippen MR) is 80.9 cm³/mol. The highest BCUT2D eigenvalue weighted by molar-refractivity contribution is 5.98. The Morgan fingerprint density at radius 2 is 1.71 bits per heavy atom. The van der Waals surface area contributed by atoms with E-state index in [-0.39, 0.29) is 43.0 Å². The van der Waals surface area contributed by atoms with Crippen LogP contribution < -0.4 is 5.32 Å². The molecule has 21 heavy (non-hydrogen) atoms. The zero-order valence-corrected chi connectivity index (χ0v) is 12.8. The normalized spacial score (nSPS) is 10.3. The first-order valence-corrected chi connectivity index (χ1v) is 7.01. The number of nitrogens with one attached hydrogen (secondary N) is 1. The third kappa shape index (κ3) is 6.21. The van der Waals surface area contributed by atoms with Crippen LogP contribution in [0.1, 0.15) is 37.0 Å². The van der Waals surface area contributed by atoms with E-state index in [0.717, 1.165) is 0 Å². The van der Waals surface area contributed by atoms with E-state index in [1.54, 1.807) is 31.3 Å². The van der Waals surface area contributed by atoms with Gasteiger partial charge in [-0.15, -0.1) is 0 Å². The van der Waals surface area contributed by atoms with E-state index in [4.69, 9.17) is 0 Å². The van der Waals surface area contributed by atoms with E-state index in [2.05, 4.69) is 5.32 Å². The second-order valence-electron chi connectivity index (χ2n) is 5.26. The number of nitrogens with zero attached hydrogens (tertiary/aromatic N) is 1. The van der Waals surface area contributed by atoms with Crippen LogP contribution in [0.4, 0.5) is 0 Å². The number of carbonyl (C=O) groups excluding carboxylic acids is 3. The Bertz CT molecular complexity index is 498. The third-order valence-electron chi connectivity index (χ3n) is 2.92. The lowest BCUT2D eigenvalue weighted by atomic mass is 10.1. The first-order chi connectivity index (χ1) is 9.90. The van der Waals surface area contributed by atoms with Crippen molar-refractivity contribution in [2.24, 2.45) is 0 Å². The third-order valence-corrected chi connectivity index (χ3v) is 2.92. The number of Topliss-reactive ketones (excluding diaryl/α,β-unsaturated/α-hetero) is 1. The fourth-order valence-corrected chi connectivity index (χ4v) is 1.85. The monoisotopic (exact) mass is 290 g/mol. The summed E-state index contributed by atoms with van der Waals surface area (Å²) in [6, 6.07) is 8.91. The van der Waals surface area contributed by atoms with Crippen molar-refractivity contribution >= 4 is 17.6 Å². The van der Waals surface area contributed by atoms with Crippen LogP contribution in [0.2, 0.25) is 0 Å². The number of hydrogen-bond acceptors (Lipinski definition) is 3. The van der Waals surface area contributed by atoms with Crippen molar-refractivity contribution in [1.29, 1.82) is 0 Å². The molecular formula is C16H22N2O3. The topological polar surface area (TPSA) is 66.5 Å². The average molecular weight is 290 g/mol. The van der Waals surface area contributed by atoms with Gasteiger partial charge in [-0.3, -0.25) is 14.4 Å². The fourth-order valence-electron chi connectivity index (χ4n) is 1.85. The first-order valence-electron chi connectivity index (χ1n) is 7.01. The smallest absolute Gasteiger partial charge is 0.239 e. The summed E-state index contributed by atoms with van der Waals surface area (Å²) in [7, 11) is 1.56. The Balaban J connectivity index is 2.39. The summed E-state index contributed by atoms with van der Waals surface area (Å²) in [5.41, 5.74) is 0.602. The molecule has 1 N–H and O–H groups in total. The van der Waals surface area contributed by atoms with Crippen LogP contribution in [0.3, 0.4) is 0 Å². The minimum atomic E-state index is -0.210. The molecule has 0 radical (unpaired) electrons. The number of benzene rings is 1. The molecule has 114 valence electrons. The molecule has 0 aliphatic rings. The zero-order valence-electron chi connectivity index (χ0n) is 12.8. The van der Waals surface area contributed by atoms with Crippen molar-refractivity contribution in [1.82, 2.24) is 10.2 Å². The zero-order chi connectivity index (χ0) is 15.8. The molecule has 0 saturated carbocycles. The first kappa shape index (κ1) is 16.9. The van der Waals surface area contributed by atoms with Crippen molar-refractivity contribution in [2.75, 3.05) is 13.6 Å². The van der Waals surface area contributed by atoms with Crippen molar-refractivity contribution in [3.05, 3.63) is 35.9 Å². The fraction of sp³-hybridized carbons (Fsp3) is 0.438. The standard InChI is InChI=1S/C16H22N2O3/c1-12(2)17-15(20)11-18(3)16(21)10-9-14(19)13-7-5-4-6-8-13/h4-8,12H,9-11H2,1-3H3,(H,17,20). The Labute approximate surface area is 125 Å². The van der Waals surface area contributed by atoms with Gasteiger partial charge < -0.3 is 10.2 Å². The molecular weight excluding hydrogens is 268 g/mol. The van der Waals surface area contributed by atoms with Gasteiger partial charge in [0.15, 0.2) is 5.78 Å². The van der Waals surface area contributed by atoms with Crippen molar-refractivity contribution in [2.45, 2.75) is 32.7 Å². The van der Waals surface area contributed by atoms with E-state index in [1.165, 1.54) is 4.90 Å². The SMILES string of the molecule is CC(C)NC(=O)CN(C)C(=O)CCC(=O)c1ccccc1. The lowest BCUT2D eigenvalue weighted by molar-refractivity contribution is -0.134.